The van der Waals surface area contributed by atoms with Gasteiger partial charge in [-0.15, -0.1) is 0 Å². The van der Waals surface area contributed by atoms with Gasteiger partial charge in [0.05, 0.1) is 13.0 Å². The fourth-order valence-corrected chi connectivity index (χ4v) is 2.75. The molecule has 0 bridgehead atoms. The van der Waals surface area contributed by atoms with E-state index in [2.05, 4.69) is 16.0 Å². The van der Waals surface area contributed by atoms with Crippen molar-refractivity contribution in [2.75, 3.05) is 17.2 Å². The lowest BCUT2D eigenvalue weighted by Gasteiger charge is -2.11. The Bertz CT molecular complexity index is 930. The van der Waals surface area contributed by atoms with E-state index in [0.717, 1.165) is 12.0 Å². The van der Waals surface area contributed by atoms with Crippen molar-refractivity contribution in [1.29, 1.82) is 0 Å². The van der Waals surface area contributed by atoms with Gasteiger partial charge in [0.15, 0.2) is 5.11 Å². The van der Waals surface area contributed by atoms with E-state index in [4.69, 9.17) is 17.0 Å². The van der Waals surface area contributed by atoms with Gasteiger partial charge in [0.25, 0.3) is 5.91 Å². The molecule has 3 N–H and O–H groups in total. The van der Waals surface area contributed by atoms with E-state index in [0.29, 0.717) is 23.5 Å². The highest BCUT2D eigenvalue weighted by Gasteiger charge is 2.11. The van der Waals surface area contributed by atoms with Crippen LogP contribution in [0.15, 0.2) is 48.5 Å². The van der Waals surface area contributed by atoms with Crippen LogP contribution in [0.3, 0.4) is 0 Å². The fraction of sp³-hybridized carbons (Fsp3) is 0.273. The predicted octanol–water partition coefficient (Wildman–Crippen LogP) is 3.79. The van der Waals surface area contributed by atoms with E-state index in [1.165, 1.54) is 0 Å². The second-order valence-corrected chi connectivity index (χ2v) is 7.04. The summed E-state index contributed by atoms with van der Waals surface area (Å²) in [6, 6.07) is 14.3. The van der Waals surface area contributed by atoms with Crippen LogP contribution in [0.5, 0.6) is 0 Å². The van der Waals surface area contributed by atoms with Crippen LogP contribution in [0.25, 0.3) is 0 Å². The lowest BCUT2D eigenvalue weighted by atomic mass is 10.1. The van der Waals surface area contributed by atoms with E-state index in [-0.39, 0.29) is 23.9 Å². The van der Waals surface area contributed by atoms with Gasteiger partial charge in [-0.1, -0.05) is 25.1 Å². The van der Waals surface area contributed by atoms with Crippen molar-refractivity contribution in [2.45, 2.75) is 33.1 Å². The number of carbonyl (C=O) groups excluding carboxylic acids is 3. The summed E-state index contributed by atoms with van der Waals surface area (Å²) >= 11 is 5.13. The predicted molar refractivity (Wildman–Crippen MR) is 120 cm³/mol. The number of amides is 2. The van der Waals surface area contributed by atoms with Crippen LogP contribution < -0.4 is 16.0 Å². The second-order valence-electron chi connectivity index (χ2n) is 6.63. The van der Waals surface area contributed by atoms with Gasteiger partial charge in [0, 0.05) is 23.4 Å². The average molecular weight is 428 g/mol. The fourth-order valence-electron chi connectivity index (χ4n) is 2.52. The van der Waals surface area contributed by atoms with Gasteiger partial charge in [-0.05, 0) is 61.5 Å². The molecule has 0 aromatic heterocycles. The maximum atomic E-state index is 12.5. The van der Waals surface area contributed by atoms with Gasteiger partial charge in [0.1, 0.15) is 0 Å². The Labute approximate surface area is 181 Å². The number of esters is 1. The Hall–Kier alpha value is -3.26. The molecule has 2 amide bonds. The molecule has 0 aliphatic heterocycles. The second kappa shape index (κ2) is 11.7. The monoisotopic (exact) mass is 427 g/mol. The summed E-state index contributed by atoms with van der Waals surface area (Å²) < 4.78 is 4.92. The molecule has 2 rings (SSSR count). The molecular weight excluding hydrogens is 402 g/mol. The zero-order valence-electron chi connectivity index (χ0n) is 17.0. The van der Waals surface area contributed by atoms with Gasteiger partial charge in [-0.3, -0.25) is 14.4 Å². The third-order valence-corrected chi connectivity index (χ3v) is 4.14. The Kier molecular flexibility index (Phi) is 8.96. The summed E-state index contributed by atoms with van der Waals surface area (Å²) in [5.74, 6) is -1.07. The highest BCUT2D eigenvalue weighted by molar-refractivity contribution is 7.80. The standard InChI is InChI=1S/C22H25N3O4S/c1-3-12-29-20(27)11-10-19(26)25-22(30)24-18-9-5-7-16(14-18)21(28)23-17-8-4-6-15(2)13-17/h4-9,13-14H,3,10-12H2,1-2H3,(H,23,28)(H2,24,25,26,30). The van der Waals surface area contributed by atoms with Gasteiger partial charge in [-0.25, -0.2) is 0 Å². The third-order valence-electron chi connectivity index (χ3n) is 3.93. The zero-order chi connectivity index (χ0) is 21.9. The minimum atomic E-state index is -0.418. The first-order valence-electron chi connectivity index (χ1n) is 9.62. The van der Waals surface area contributed by atoms with Crippen molar-refractivity contribution in [3.05, 3.63) is 59.7 Å². The molecule has 8 heteroatoms. The number of anilines is 2. The zero-order valence-corrected chi connectivity index (χ0v) is 17.8. The molecule has 0 atom stereocenters. The van der Waals surface area contributed by atoms with Crippen molar-refractivity contribution in [1.82, 2.24) is 5.32 Å². The van der Waals surface area contributed by atoms with Crippen molar-refractivity contribution in [3.63, 3.8) is 0 Å². The summed E-state index contributed by atoms with van der Waals surface area (Å²) in [6.45, 7) is 4.18. The lowest BCUT2D eigenvalue weighted by Crippen LogP contribution is -2.34. The number of aryl methyl sites for hydroxylation is 1. The number of nitrogens with one attached hydrogen (secondary N) is 3. The van der Waals surface area contributed by atoms with Crippen LogP contribution in [0.1, 0.15) is 42.1 Å². The van der Waals surface area contributed by atoms with Gasteiger partial charge >= 0.3 is 5.97 Å². The Morgan fingerprint density at radius 3 is 2.37 bits per heavy atom. The molecule has 0 aliphatic rings. The number of ether oxygens (including phenoxy) is 1. The molecule has 158 valence electrons. The number of benzene rings is 2. The number of rotatable bonds is 8. The van der Waals surface area contributed by atoms with E-state index in [1.807, 2.05) is 38.1 Å². The van der Waals surface area contributed by atoms with Crippen LogP contribution >= 0.6 is 12.2 Å². The SMILES string of the molecule is CCCOC(=O)CCC(=O)NC(=S)Nc1cccc(C(=O)Nc2cccc(C)c2)c1. The first kappa shape index (κ1) is 23.0. The van der Waals surface area contributed by atoms with E-state index in [9.17, 15) is 14.4 Å². The highest BCUT2D eigenvalue weighted by atomic mass is 32.1. The Balaban J connectivity index is 1.86. The maximum absolute atomic E-state index is 12.5. The van der Waals surface area contributed by atoms with Crippen LogP contribution in [0.4, 0.5) is 11.4 Å². The third kappa shape index (κ3) is 8.00. The van der Waals surface area contributed by atoms with Crippen molar-refractivity contribution < 1.29 is 19.1 Å². The van der Waals surface area contributed by atoms with Crippen LogP contribution in [-0.2, 0) is 14.3 Å². The Morgan fingerprint density at radius 2 is 1.67 bits per heavy atom. The molecular formula is C22H25N3O4S. The number of thiocarbonyl (C=S) groups is 1. The normalized spacial score (nSPS) is 10.1. The van der Waals surface area contributed by atoms with Crippen molar-refractivity contribution >= 4 is 46.5 Å². The number of hydrogen-bond acceptors (Lipinski definition) is 5. The first-order chi connectivity index (χ1) is 14.4. The summed E-state index contributed by atoms with van der Waals surface area (Å²) in [5.41, 5.74) is 2.75. The van der Waals surface area contributed by atoms with Gasteiger partial charge < -0.3 is 20.7 Å². The number of carbonyl (C=O) groups is 3. The number of hydrogen-bond donors (Lipinski definition) is 3. The molecule has 0 spiro atoms. The summed E-state index contributed by atoms with van der Waals surface area (Å²) in [7, 11) is 0. The molecule has 0 heterocycles. The smallest absolute Gasteiger partial charge is 0.306 e. The summed E-state index contributed by atoms with van der Waals surface area (Å²) in [4.78, 5) is 35.8. The summed E-state index contributed by atoms with van der Waals surface area (Å²) in [5, 5.41) is 8.30. The Morgan fingerprint density at radius 1 is 0.967 bits per heavy atom. The molecule has 0 radical (unpaired) electrons. The van der Waals surface area contributed by atoms with Crippen LogP contribution in [0, 0.1) is 6.92 Å². The molecule has 30 heavy (non-hydrogen) atoms. The van der Waals surface area contributed by atoms with Crippen LogP contribution in [-0.4, -0.2) is 29.5 Å². The molecule has 0 saturated heterocycles. The largest absolute Gasteiger partial charge is 0.466 e. The van der Waals surface area contributed by atoms with E-state index in [1.54, 1.807) is 24.3 Å². The van der Waals surface area contributed by atoms with Crippen molar-refractivity contribution in [2.24, 2.45) is 0 Å². The van der Waals surface area contributed by atoms with Crippen LogP contribution in [0.2, 0.25) is 0 Å². The minimum absolute atomic E-state index is 0.0108. The van der Waals surface area contributed by atoms with Gasteiger partial charge in [0.2, 0.25) is 5.91 Å². The molecule has 0 aliphatic carbocycles. The average Bonchev–Trinajstić information content (AvgIpc) is 2.70. The van der Waals surface area contributed by atoms with E-state index < -0.39 is 11.9 Å². The maximum Gasteiger partial charge on any atom is 0.306 e. The topological polar surface area (TPSA) is 96.5 Å². The molecule has 2 aromatic rings. The highest BCUT2D eigenvalue weighted by Crippen LogP contribution is 2.14. The molecule has 0 fully saturated rings. The quantitative estimate of drug-likeness (QED) is 0.438. The molecule has 7 nitrogen and oxygen atoms in total. The molecule has 0 unspecified atom stereocenters. The molecule has 2 aromatic carbocycles. The van der Waals surface area contributed by atoms with Crippen molar-refractivity contribution in [3.8, 4) is 0 Å². The first-order valence-corrected chi connectivity index (χ1v) is 10.0. The van der Waals surface area contributed by atoms with E-state index >= 15 is 0 Å². The lowest BCUT2D eigenvalue weighted by molar-refractivity contribution is -0.144. The minimum Gasteiger partial charge on any atom is -0.466 e. The summed E-state index contributed by atoms with van der Waals surface area (Å²) in [6.07, 6.45) is 0.695. The molecule has 0 saturated carbocycles. The van der Waals surface area contributed by atoms with Gasteiger partial charge in [-0.2, -0.15) is 0 Å².